The van der Waals surface area contributed by atoms with E-state index in [0.717, 1.165) is 31.5 Å². The molecule has 0 saturated carbocycles. The van der Waals surface area contributed by atoms with Gasteiger partial charge in [-0.05, 0) is 24.9 Å². The Morgan fingerprint density at radius 2 is 2.05 bits per heavy atom. The first kappa shape index (κ1) is 14.8. The van der Waals surface area contributed by atoms with Gasteiger partial charge in [0.1, 0.15) is 6.04 Å². The maximum Gasteiger partial charge on any atom is 0.317 e. The molecule has 0 spiro atoms. The van der Waals surface area contributed by atoms with Gasteiger partial charge in [0, 0.05) is 25.7 Å². The van der Waals surface area contributed by atoms with Gasteiger partial charge in [-0.1, -0.05) is 30.3 Å². The largest absolute Gasteiger partial charge is 0.368 e. The summed E-state index contributed by atoms with van der Waals surface area (Å²) in [6.45, 7) is 2.96. The summed E-state index contributed by atoms with van der Waals surface area (Å²) < 4.78 is 0. The van der Waals surface area contributed by atoms with Crippen molar-refractivity contribution in [3.8, 4) is 0 Å². The van der Waals surface area contributed by atoms with Crippen molar-refractivity contribution in [3.63, 3.8) is 0 Å². The van der Waals surface area contributed by atoms with Crippen LogP contribution in [0.3, 0.4) is 0 Å². The second-order valence-corrected chi connectivity index (χ2v) is 5.93. The Hall–Kier alpha value is -2.08. The maximum atomic E-state index is 12.0. The number of piperidine rings is 1. The number of carbonyl (C=O) groups is 2. The highest BCUT2D eigenvalue weighted by Crippen LogP contribution is 2.26. The zero-order valence-electron chi connectivity index (χ0n) is 12.6. The summed E-state index contributed by atoms with van der Waals surface area (Å²) in [4.78, 5) is 27.8. The number of primary amides is 1. The molecule has 6 nitrogen and oxygen atoms in total. The maximum absolute atomic E-state index is 12.0. The third kappa shape index (κ3) is 2.92. The van der Waals surface area contributed by atoms with Crippen LogP contribution in [-0.2, 0) is 4.79 Å². The predicted octanol–water partition coefficient (Wildman–Crippen LogP) is 0.703. The van der Waals surface area contributed by atoms with Crippen molar-refractivity contribution >= 4 is 11.9 Å². The average molecular weight is 302 g/mol. The molecule has 2 fully saturated rings. The minimum atomic E-state index is -0.422. The Morgan fingerprint density at radius 1 is 1.27 bits per heavy atom. The van der Waals surface area contributed by atoms with E-state index in [0.29, 0.717) is 13.1 Å². The Bertz CT molecular complexity index is 548. The van der Waals surface area contributed by atoms with Crippen LogP contribution in [-0.4, -0.2) is 54.0 Å². The highest BCUT2D eigenvalue weighted by atomic mass is 16.2. The summed E-state index contributed by atoms with van der Waals surface area (Å²) in [6, 6.07) is 9.36. The number of likely N-dealkylation sites (tertiary alicyclic amines) is 1. The predicted molar refractivity (Wildman–Crippen MR) is 83.1 cm³/mol. The molecule has 2 atom stereocenters. The van der Waals surface area contributed by atoms with Gasteiger partial charge in [-0.15, -0.1) is 0 Å². The fourth-order valence-corrected chi connectivity index (χ4v) is 3.50. The molecule has 0 bridgehead atoms. The number of benzene rings is 1. The number of nitrogens with two attached hydrogens (primary N) is 1. The molecule has 2 aliphatic heterocycles. The van der Waals surface area contributed by atoms with Gasteiger partial charge in [0.05, 0.1) is 0 Å². The number of carbonyl (C=O) groups excluding carboxylic acids is 2. The Balaban J connectivity index is 1.77. The normalized spacial score (nSPS) is 24.1. The van der Waals surface area contributed by atoms with E-state index in [2.05, 4.69) is 10.2 Å². The fraction of sp³-hybridized carbons (Fsp3) is 0.500. The van der Waals surface area contributed by atoms with Crippen molar-refractivity contribution in [2.75, 3.05) is 26.2 Å². The Kier molecular flexibility index (Phi) is 4.29. The van der Waals surface area contributed by atoms with Crippen LogP contribution < -0.4 is 11.1 Å². The molecular weight excluding hydrogens is 280 g/mol. The Labute approximate surface area is 130 Å². The molecule has 0 aliphatic carbocycles. The van der Waals surface area contributed by atoms with E-state index < -0.39 is 6.04 Å². The standard InChI is InChI=1S/C16H22N4O2/c17-15(21)14(12-5-2-1-3-6-12)19-9-4-7-13(11-19)20-10-8-18-16(20)22/h1-3,5-6,13-14H,4,7-11H2,(H2,17,21)(H,18,22). The minimum absolute atomic E-state index is 0.00202. The van der Waals surface area contributed by atoms with Crippen molar-refractivity contribution in [1.82, 2.24) is 15.1 Å². The van der Waals surface area contributed by atoms with Gasteiger partial charge >= 0.3 is 6.03 Å². The van der Waals surface area contributed by atoms with Gasteiger partial charge in [-0.25, -0.2) is 4.79 Å². The monoisotopic (exact) mass is 302 g/mol. The van der Waals surface area contributed by atoms with Crippen LogP contribution in [0, 0.1) is 0 Å². The third-order valence-electron chi connectivity index (χ3n) is 4.51. The zero-order valence-corrected chi connectivity index (χ0v) is 12.6. The Morgan fingerprint density at radius 3 is 2.68 bits per heavy atom. The first-order chi connectivity index (χ1) is 10.7. The highest BCUT2D eigenvalue weighted by molar-refractivity contribution is 5.81. The van der Waals surface area contributed by atoms with Crippen LogP contribution in [0.15, 0.2) is 30.3 Å². The van der Waals surface area contributed by atoms with Crippen LogP contribution in [0.1, 0.15) is 24.4 Å². The molecule has 2 heterocycles. The summed E-state index contributed by atoms with van der Waals surface area (Å²) in [5, 5.41) is 2.84. The van der Waals surface area contributed by atoms with E-state index in [1.165, 1.54) is 0 Å². The van der Waals surface area contributed by atoms with E-state index in [9.17, 15) is 9.59 Å². The molecule has 2 saturated heterocycles. The smallest absolute Gasteiger partial charge is 0.317 e. The fourth-order valence-electron chi connectivity index (χ4n) is 3.50. The summed E-state index contributed by atoms with van der Waals surface area (Å²) in [5.41, 5.74) is 6.57. The molecule has 2 unspecified atom stereocenters. The van der Waals surface area contributed by atoms with Crippen molar-refractivity contribution in [1.29, 1.82) is 0 Å². The lowest BCUT2D eigenvalue weighted by Gasteiger charge is -2.40. The quantitative estimate of drug-likeness (QED) is 0.859. The van der Waals surface area contributed by atoms with E-state index in [1.807, 2.05) is 35.2 Å². The summed E-state index contributed by atoms with van der Waals surface area (Å²) >= 11 is 0. The van der Waals surface area contributed by atoms with Crippen molar-refractivity contribution in [2.24, 2.45) is 5.73 Å². The molecule has 2 aliphatic rings. The lowest BCUT2D eigenvalue weighted by atomic mass is 9.98. The van der Waals surface area contributed by atoms with E-state index in [1.54, 1.807) is 0 Å². The summed E-state index contributed by atoms with van der Waals surface area (Å²) in [7, 11) is 0. The lowest BCUT2D eigenvalue weighted by Crippen LogP contribution is -2.51. The molecule has 0 aromatic heterocycles. The van der Waals surface area contributed by atoms with Gasteiger partial charge in [0.25, 0.3) is 0 Å². The molecule has 1 aromatic carbocycles. The van der Waals surface area contributed by atoms with Gasteiger partial charge in [0.2, 0.25) is 5.91 Å². The van der Waals surface area contributed by atoms with Gasteiger partial charge < -0.3 is 16.0 Å². The van der Waals surface area contributed by atoms with Crippen molar-refractivity contribution in [2.45, 2.75) is 24.9 Å². The number of urea groups is 1. The zero-order chi connectivity index (χ0) is 15.5. The van der Waals surface area contributed by atoms with Crippen LogP contribution in [0.25, 0.3) is 0 Å². The van der Waals surface area contributed by atoms with Crippen LogP contribution in [0.5, 0.6) is 0 Å². The van der Waals surface area contributed by atoms with Gasteiger partial charge in [-0.3, -0.25) is 9.69 Å². The number of amides is 3. The molecule has 3 amide bonds. The molecule has 118 valence electrons. The average Bonchev–Trinajstić information content (AvgIpc) is 2.95. The lowest BCUT2D eigenvalue weighted by molar-refractivity contribution is -0.124. The molecule has 22 heavy (non-hydrogen) atoms. The second-order valence-electron chi connectivity index (χ2n) is 5.93. The molecule has 0 radical (unpaired) electrons. The van der Waals surface area contributed by atoms with Crippen molar-refractivity contribution in [3.05, 3.63) is 35.9 Å². The number of nitrogens with zero attached hydrogens (tertiary/aromatic N) is 2. The molecule has 3 rings (SSSR count). The number of hydrogen-bond donors (Lipinski definition) is 2. The van der Waals surface area contributed by atoms with Gasteiger partial charge in [-0.2, -0.15) is 0 Å². The first-order valence-electron chi connectivity index (χ1n) is 7.79. The summed E-state index contributed by atoms with van der Waals surface area (Å²) in [6.07, 6.45) is 1.94. The highest BCUT2D eigenvalue weighted by Gasteiger charge is 2.35. The summed E-state index contributed by atoms with van der Waals surface area (Å²) in [5.74, 6) is -0.335. The van der Waals surface area contributed by atoms with Crippen LogP contribution in [0.4, 0.5) is 4.79 Å². The number of hydrogen-bond acceptors (Lipinski definition) is 3. The van der Waals surface area contributed by atoms with E-state index >= 15 is 0 Å². The van der Waals surface area contributed by atoms with Crippen LogP contribution >= 0.6 is 0 Å². The number of nitrogens with one attached hydrogen (secondary N) is 1. The number of rotatable bonds is 4. The van der Waals surface area contributed by atoms with Crippen LogP contribution in [0.2, 0.25) is 0 Å². The molecule has 6 heteroatoms. The van der Waals surface area contributed by atoms with E-state index in [-0.39, 0.29) is 18.0 Å². The van der Waals surface area contributed by atoms with Crippen molar-refractivity contribution < 1.29 is 9.59 Å². The molecule has 1 aromatic rings. The topological polar surface area (TPSA) is 78.7 Å². The second kappa shape index (κ2) is 6.36. The minimum Gasteiger partial charge on any atom is -0.368 e. The molecule has 3 N–H and O–H groups in total. The van der Waals surface area contributed by atoms with Gasteiger partial charge in [0.15, 0.2) is 0 Å². The SMILES string of the molecule is NC(=O)C(c1ccccc1)N1CCCC(N2CCNC2=O)C1. The van der Waals surface area contributed by atoms with E-state index in [4.69, 9.17) is 5.73 Å². The third-order valence-corrected chi connectivity index (χ3v) is 4.51. The first-order valence-corrected chi connectivity index (χ1v) is 7.79. The molecular formula is C16H22N4O2.